The zero-order valence-corrected chi connectivity index (χ0v) is 21.9. The molecule has 3 aromatic rings. The van der Waals surface area contributed by atoms with Gasteiger partial charge in [-0.15, -0.1) is 0 Å². The Morgan fingerprint density at radius 2 is 1.86 bits per heavy atom. The van der Waals surface area contributed by atoms with Gasteiger partial charge in [0, 0.05) is 51.8 Å². The molecule has 5 rings (SSSR count). The number of rotatable bonds is 5. The molecule has 1 aromatic heterocycles. The molecule has 2 fully saturated rings. The number of hydrogen-bond donors (Lipinski definition) is 0. The van der Waals surface area contributed by atoms with Gasteiger partial charge in [0.1, 0.15) is 10.7 Å². The topological polar surface area (TPSA) is 99.8 Å². The Kier molecular flexibility index (Phi) is 7.19. The van der Waals surface area contributed by atoms with Gasteiger partial charge in [0.15, 0.2) is 0 Å². The second-order valence-corrected chi connectivity index (χ2v) is 11.6. The molecule has 0 saturated carbocycles. The third-order valence-corrected chi connectivity index (χ3v) is 9.20. The summed E-state index contributed by atoms with van der Waals surface area (Å²) >= 11 is 6.31. The predicted octanol–water partition coefficient (Wildman–Crippen LogP) is 3.59. The second-order valence-electron chi connectivity index (χ2n) is 9.25. The summed E-state index contributed by atoms with van der Waals surface area (Å²) in [6.07, 6.45) is 1.17. The fraction of sp³-hybridized carbons (Fsp3) is 0.400. The number of benzene rings is 2. The van der Waals surface area contributed by atoms with Crippen molar-refractivity contribution in [3.05, 3.63) is 59.2 Å². The third-order valence-electron chi connectivity index (χ3n) is 6.85. The highest BCUT2D eigenvalue weighted by atomic mass is 35.5. The number of para-hydroxylation sites is 1. The summed E-state index contributed by atoms with van der Waals surface area (Å²) in [4.78, 5) is 21.1. The molecule has 3 heterocycles. The Balaban J connectivity index is 1.28. The molecule has 2 aliphatic rings. The Labute approximate surface area is 219 Å². The monoisotopic (exact) mass is 547 g/mol. The lowest BCUT2D eigenvalue weighted by molar-refractivity contribution is -0.137. The van der Waals surface area contributed by atoms with Crippen molar-refractivity contribution in [1.29, 1.82) is 0 Å². The summed E-state index contributed by atoms with van der Waals surface area (Å²) < 4.78 is 47.7. The highest BCUT2D eigenvalue weighted by Crippen LogP contribution is 2.32. The summed E-state index contributed by atoms with van der Waals surface area (Å²) in [7, 11) is -3.97. The molecule has 0 spiro atoms. The van der Waals surface area contributed by atoms with E-state index in [9.17, 15) is 17.6 Å². The minimum absolute atomic E-state index is 0.0549. The number of piperidine rings is 1. The van der Waals surface area contributed by atoms with Crippen LogP contribution in [-0.2, 0) is 14.8 Å². The van der Waals surface area contributed by atoms with Gasteiger partial charge in [-0.05, 0) is 43.2 Å². The summed E-state index contributed by atoms with van der Waals surface area (Å²) in [5, 5.41) is 3.94. The first-order valence-electron chi connectivity index (χ1n) is 12.1. The average molecular weight is 548 g/mol. The number of carbonyl (C=O) groups is 1. The van der Waals surface area contributed by atoms with Crippen LogP contribution in [0, 0.1) is 18.7 Å². The fourth-order valence-electron chi connectivity index (χ4n) is 4.89. The van der Waals surface area contributed by atoms with Crippen LogP contribution in [0.3, 0.4) is 0 Å². The van der Waals surface area contributed by atoms with Gasteiger partial charge in [-0.25, -0.2) is 12.8 Å². The Morgan fingerprint density at radius 1 is 1.11 bits per heavy atom. The van der Waals surface area contributed by atoms with Crippen molar-refractivity contribution in [1.82, 2.24) is 19.3 Å². The summed E-state index contributed by atoms with van der Waals surface area (Å²) in [6, 6.07) is 11.2. The first-order chi connectivity index (χ1) is 17.7. The number of aromatic nitrogens is 2. The number of aryl methyl sites for hydroxylation is 1. The smallest absolute Gasteiger partial charge is 0.244 e. The first-order valence-corrected chi connectivity index (χ1v) is 13.9. The van der Waals surface area contributed by atoms with Crippen molar-refractivity contribution < 1.29 is 22.1 Å². The average Bonchev–Trinajstić information content (AvgIpc) is 3.35. The number of piperazine rings is 1. The maximum Gasteiger partial charge on any atom is 0.244 e. The van der Waals surface area contributed by atoms with Gasteiger partial charge in [-0.2, -0.15) is 9.29 Å². The number of anilines is 1. The summed E-state index contributed by atoms with van der Waals surface area (Å²) in [5.74, 6) is -0.179. The minimum atomic E-state index is -3.97. The van der Waals surface area contributed by atoms with Crippen LogP contribution in [0.15, 0.2) is 51.9 Å². The van der Waals surface area contributed by atoms with E-state index in [4.69, 9.17) is 16.1 Å². The standard InChI is InChI=1S/C25H27ClFN5O4S/c1-17-28-24(29-36-17)18-8-9-20(26)23(15-18)37(34,35)32-10-4-5-19(16-32)25(33)31-13-11-30(12-14-31)22-7-3-2-6-21(22)27/h2-3,6-9,15,19H,4-5,10-14,16H2,1H3. The lowest BCUT2D eigenvalue weighted by Crippen LogP contribution is -2.53. The van der Waals surface area contributed by atoms with Crippen LogP contribution in [-0.4, -0.2) is 72.9 Å². The number of sulfonamides is 1. The summed E-state index contributed by atoms with van der Waals surface area (Å²) in [6.45, 7) is 3.96. The molecule has 12 heteroatoms. The molecule has 1 unspecified atom stereocenters. The van der Waals surface area contributed by atoms with E-state index in [1.807, 2.05) is 4.90 Å². The number of amides is 1. The van der Waals surface area contributed by atoms with Crippen molar-refractivity contribution in [2.75, 3.05) is 44.2 Å². The predicted molar refractivity (Wildman–Crippen MR) is 136 cm³/mol. The molecule has 2 aliphatic heterocycles. The SMILES string of the molecule is Cc1nc(-c2ccc(Cl)c(S(=O)(=O)N3CCCC(C(=O)N4CCN(c5ccccc5F)CC4)C3)c2)no1. The molecule has 1 atom stereocenters. The van der Waals surface area contributed by atoms with Gasteiger partial charge in [0.25, 0.3) is 0 Å². The van der Waals surface area contributed by atoms with Gasteiger partial charge in [-0.3, -0.25) is 4.79 Å². The van der Waals surface area contributed by atoms with E-state index in [-0.39, 0.29) is 34.0 Å². The van der Waals surface area contributed by atoms with Gasteiger partial charge < -0.3 is 14.3 Å². The Hall–Kier alpha value is -3.02. The van der Waals surface area contributed by atoms with E-state index >= 15 is 0 Å². The molecule has 2 aromatic carbocycles. The number of halogens is 2. The molecule has 196 valence electrons. The molecular formula is C25H27ClFN5O4S. The van der Waals surface area contributed by atoms with Gasteiger partial charge >= 0.3 is 0 Å². The lowest BCUT2D eigenvalue weighted by Gasteiger charge is -2.39. The van der Waals surface area contributed by atoms with Crippen LogP contribution in [0.2, 0.25) is 5.02 Å². The maximum atomic E-state index is 14.2. The van der Waals surface area contributed by atoms with E-state index in [1.165, 1.54) is 22.5 Å². The first kappa shape index (κ1) is 25.6. The Morgan fingerprint density at radius 3 is 2.57 bits per heavy atom. The van der Waals surface area contributed by atoms with Gasteiger partial charge in [0.05, 0.1) is 16.6 Å². The van der Waals surface area contributed by atoms with E-state index in [0.717, 1.165) is 0 Å². The number of carbonyl (C=O) groups excluding carboxylic acids is 1. The van der Waals surface area contributed by atoms with Crippen molar-refractivity contribution in [3.8, 4) is 11.4 Å². The van der Waals surface area contributed by atoms with Crippen LogP contribution in [0.25, 0.3) is 11.4 Å². The third kappa shape index (κ3) is 5.21. The van der Waals surface area contributed by atoms with Crippen LogP contribution in [0.4, 0.5) is 10.1 Å². The highest BCUT2D eigenvalue weighted by molar-refractivity contribution is 7.89. The molecular weight excluding hydrogens is 521 g/mol. The van der Waals surface area contributed by atoms with Crippen molar-refractivity contribution in [2.24, 2.45) is 5.92 Å². The largest absolute Gasteiger partial charge is 0.366 e. The maximum absolute atomic E-state index is 14.2. The minimum Gasteiger partial charge on any atom is -0.366 e. The molecule has 0 N–H and O–H groups in total. The fourth-order valence-corrected chi connectivity index (χ4v) is 6.92. The molecule has 1 amide bonds. The Bertz CT molecular complexity index is 1410. The summed E-state index contributed by atoms with van der Waals surface area (Å²) in [5.41, 5.74) is 0.997. The second kappa shape index (κ2) is 10.4. The lowest BCUT2D eigenvalue weighted by atomic mass is 9.97. The molecule has 0 radical (unpaired) electrons. The zero-order valence-electron chi connectivity index (χ0n) is 20.3. The number of hydrogen-bond acceptors (Lipinski definition) is 7. The van der Waals surface area contributed by atoms with E-state index in [0.29, 0.717) is 62.7 Å². The van der Waals surface area contributed by atoms with Crippen molar-refractivity contribution in [2.45, 2.75) is 24.7 Å². The number of nitrogens with zero attached hydrogens (tertiary/aromatic N) is 5. The van der Waals surface area contributed by atoms with Crippen LogP contribution >= 0.6 is 11.6 Å². The van der Waals surface area contributed by atoms with Crippen LogP contribution in [0.5, 0.6) is 0 Å². The molecule has 0 aliphatic carbocycles. The van der Waals surface area contributed by atoms with Crippen LogP contribution < -0.4 is 4.90 Å². The van der Waals surface area contributed by atoms with E-state index in [1.54, 1.807) is 36.1 Å². The van der Waals surface area contributed by atoms with Crippen LogP contribution in [0.1, 0.15) is 18.7 Å². The quantitative estimate of drug-likeness (QED) is 0.481. The normalized spacial score (nSPS) is 19.3. The molecule has 9 nitrogen and oxygen atoms in total. The molecule has 37 heavy (non-hydrogen) atoms. The highest BCUT2D eigenvalue weighted by Gasteiger charge is 2.37. The van der Waals surface area contributed by atoms with Crippen molar-refractivity contribution >= 4 is 33.2 Å². The van der Waals surface area contributed by atoms with Gasteiger partial charge in [-0.1, -0.05) is 28.9 Å². The van der Waals surface area contributed by atoms with E-state index in [2.05, 4.69) is 10.1 Å². The van der Waals surface area contributed by atoms with E-state index < -0.39 is 15.9 Å². The van der Waals surface area contributed by atoms with Crippen molar-refractivity contribution in [3.63, 3.8) is 0 Å². The zero-order chi connectivity index (χ0) is 26.2. The van der Waals surface area contributed by atoms with Gasteiger partial charge in [0.2, 0.25) is 27.6 Å². The molecule has 2 saturated heterocycles. The molecule has 0 bridgehead atoms.